The standard InChI is InChI=1S/C13H11FN4OS/c1-9-7-20-12(16-9)17-8-15-18(13(17)19)6-10-2-4-11(14)5-3-10/h2-5,7-8H,6H2,1H3. The number of benzene rings is 1. The lowest BCUT2D eigenvalue weighted by Crippen LogP contribution is -2.24. The summed E-state index contributed by atoms with van der Waals surface area (Å²) in [6, 6.07) is 5.99. The van der Waals surface area contributed by atoms with Crippen LogP contribution in [0, 0.1) is 12.7 Å². The van der Waals surface area contributed by atoms with E-state index in [9.17, 15) is 9.18 Å². The highest BCUT2D eigenvalue weighted by Gasteiger charge is 2.10. The Morgan fingerprint density at radius 1 is 1.30 bits per heavy atom. The molecule has 0 bridgehead atoms. The van der Waals surface area contributed by atoms with Crippen LogP contribution in [-0.4, -0.2) is 19.3 Å². The molecule has 20 heavy (non-hydrogen) atoms. The first-order chi connectivity index (χ1) is 9.63. The van der Waals surface area contributed by atoms with Crippen molar-refractivity contribution >= 4 is 11.3 Å². The zero-order chi connectivity index (χ0) is 14.1. The topological polar surface area (TPSA) is 52.7 Å². The lowest BCUT2D eigenvalue weighted by Gasteiger charge is -2.00. The highest BCUT2D eigenvalue weighted by molar-refractivity contribution is 7.12. The van der Waals surface area contributed by atoms with Gasteiger partial charge in [-0.1, -0.05) is 12.1 Å². The number of aromatic nitrogens is 4. The Kier molecular flexibility index (Phi) is 3.19. The number of halogens is 1. The molecule has 3 aromatic rings. The molecule has 0 atom stereocenters. The van der Waals surface area contributed by atoms with E-state index in [0.717, 1.165) is 11.3 Å². The Morgan fingerprint density at radius 3 is 2.70 bits per heavy atom. The van der Waals surface area contributed by atoms with Gasteiger partial charge in [0.05, 0.1) is 12.2 Å². The predicted molar refractivity (Wildman–Crippen MR) is 73.7 cm³/mol. The Morgan fingerprint density at radius 2 is 2.05 bits per heavy atom. The molecule has 0 aliphatic heterocycles. The molecule has 0 aliphatic carbocycles. The molecular formula is C13H11FN4OS. The van der Waals surface area contributed by atoms with E-state index in [1.807, 2.05) is 12.3 Å². The maximum Gasteiger partial charge on any atom is 0.352 e. The highest BCUT2D eigenvalue weighted by atomic mass is 32.1. The van der Waals surface area contributed by atoms with Crippen LogP contribution in [0.5, 0.6) is 0 Å². The number of hydrogen-bond donors (Lipinski definition) is 0. The van der Waals surface area contributed by atoms with Crippen molar-refractivity contribution in [2.45, 2.75) is 13.5 Å². The summed E-state index contributed by atoms with van der Waals surface area (Å²) in [4.78, 5) is 16.5. The molecule has 0 N–H and O–H groups in total. The zero-order valence-electron chi connectivity index (χ0n) is 10.7. The molecule has 3 rings (SSSR count). The van der Waals surface area contributed by atoms with Gasteiger partial charge in [-0.25, -0.2) is 23.4 Å². The largest absolute Gasteiger partial charge is 0.352 e. The second-order valence-electron chi connectivity index (χ2n) is 4.34. The van der Waals surface area contributed by atoms with Crippen LogP contribution in [0.15, 0.2) is 40.8 Å². The van der Waals surface area contributed by atoms with Crippen LogP contribution >= 0.6 is 11.3 Å². The molecule has 0 spiro atoms. The van der Waals surface area contributed by atoms with Gasteiger partial charge in [0, 0.05) is 5.38 Å². The number of nitrogens with zero attached hydrogens (tertiary/aromatic N) is 4. The van der Waals surface area contributed by atoms with E-state index in [0.29, 0.717) is 11.7 Å². The molecule has 0 fully saturated rings. The first kappa shape index (κ1) is 12.7. The normalized spacial score (nSPS) is 10.9. The summed E-state index contributed by atoms with van der Waals surface area (Å²) in [6.45, 7) is 2.17. The van der Waals surface area contributed by atoms with Gasteiger partial charge in [-0.3, -0.25) is 0 Å². The van der Waals surface area contributed by atoms with Crippen molar-refractivity contribution in [1.29, 1.82) is 0 Å². The minimum atomic E-state index is -0.301. The van der Waals surface area contributed by atoms with Gasteiger partial charge < -0.3 is 0 Å². The lowest BCUT2D eigenvalue weighted by molar-refractivity contribution is 0.622. The van der Waals surface area contributed by atoms with Gasteiger partial charge in [0.1, 0.15) is 12.1 Å². The van der Waals surface area contributed by atoms with Crippen molar-refractivity contribution < 1.29 is 4.39 Å². The van der Waals surface area contributed by atoms with Crippen LogP contribution in [0.4, 0.5) is 4.39 Å². The summed E-state index contributed by atoms with van der Waals surface area (Å²) in [6.07, 6.45) is 1.45. The molecule has 0 saturated carbocycles. The third-order valence-electron chi connectivity index (χ3n) is 2.79. The number of thiazole rings is 1. The van der Waals surface area contributed by atoms with Gasteiger partial charge in [0.15, 0.2) is 5.13 Å². The Hall–Kier alpha value is -2.28. The predicted octanol–water partition coefficient (Wildman–Crippen LogP) is 1.99. The van der Waals surface area contributed by atoms with E-state index in [1.54, 1.807) is 12.1 Å². The van der Waals surface area contributed by atoms with Gasteiger partial charge in [-0.05, 0) is 24.6 Å². The Balaban J connectivity index is 1.91. The van der Waals surface area contributed by atoms with Gasteiger partial charge in [0.2, 0.25) is 0 Å². The van der Waals surface area contributed by atoms with Crippen LogP contribution in [0.1, 0.15) is 11.3 Å². The third-order valence-corrected chi connectivity index (χ3v) is 3.75. The van der Waals surface area contributed by atoms with Crippen molar-refractivity contribution in [3.8, 4) is 5.13 Å². The van der Waals surface area contributed by atoms with E-state index in [2.05, 4.69) is 10.1 Å². The minimum absolute atomic E-state index is 0.260. The molecule has 0 saturated heterocycles. The van der Waals surface area contributed by atoms with Crippen LogP contribution in [0.2, 0.25) is 0 Å². The van der Waals surface area contributed by atoms with Gasteiger partial charge in [-0.15, -0.1) is 11.3 Å². The molecule has 102 valence electrons. The summed E-state index contributed by atoms with van der Waals surface area (Å²) in [5.41, 5.74) is 1.42. The third kappa shape index (κ3) is 2.39. The molecule has 0 amide bonds. The molecule has 0 radical (unpaired) electrons. The average molecular weight is 290 g/mol. The second-order valence-corrected chi connectivity index (χ2v) is 5.18. The second kappa shape index (κ2) is 5.01. The van der Waals surface area contributed by atoms with E-state index in [1.165, 1.54) is 39.0 Å². The SMILES string of the molecule is Cc1csc(-n2cnn(Cc3ccc(F)cc3)c2=O)n1. The lowest BCUT2D eigenvalue weighted by atomic mass is 10.2. The quantitative estimate of drug-likeness (QED) is 0.741. The van der Waals surface area contributed by atoms with E-state index < -0.39 is 0 Å². The maximum absolute atomic E-state index is 12.8. The summed E-state index contributed by atoms with van der Waals surface area (Å²) in [5, 5.41) is 6.53. The number of hydrogen-bond acceptors (Lipinski definition) is 4. The summed E-state index contributed by atoms with van der Waals surface area (Å²) in [7, 11) is 0. The van der Waals surface area contributed by atoms with Crippen molar-refractivity contribution in [3.63, 3.8) is 0 Å². The van der Waals surface area contributed by atoms with Gasteiger partial charge in [-0.2, -0.15) is 5.10 Å². The monoisotopic (exact) mass is 290 g/mol. The number of aryl methyl sites for hydroxylation is 1. The molecule has 0 unspecified atom stereocenters. The molecule has 7 heteroatoms. The van der Waals surface area contributed by atoms with E-state index >= 15 is 0 Å². The highest BCUT2D eigenvalue weighted by Crippen LogP contribution is 2.11. The molecule has 5 nitrogen and oxygen atoms in total. The van der Waals surface area contributed by atoms with E-state index in [4.69, 9.17) is 0 Å². The van der Waals surface area contributed by atoms with Crippen LogP contribution in [0.25, 0.3) is 5.13 Å². The van der Waals surface area contributed by atoms with Gasteiger partial charge in [0.25, 0.3) is 0 Å². The molecule has 2 heterocycles. The summed E-state index contributed by atoms with van der Waals surface area (Å²) in [5.74, 6) is -0.301. The summed E-state index contributed by atoms with van der Waals surface area (Å²) >= 11 is 1.39. The summed E-state index contributed by atoms with van der Waals surface area (Å²) < 4.78 is 15.6. The molecule has 2 aromatic heterocycles. The van der Waals surface area contributed by atoms with Crippen LogP contribution < -0.4 is 5.69 Å². The average Bonchev–Trinajstić information content (AvgIpc) is 3.00. The molecule has 1 aromatic carbocycles. The van der Waals surface area contributed by atoms with Crippen molar-refractivity contribution in [1.82, 2.24) is 19.3 Å². The van der Waals surface area contributed by atoms with Crippen molar-refractivity contribution in [2.24, 2.45) is 0 Å². The Bertz CT molecular complexity index is 787. The Labute approximate surface area is 117 Å². The fraction of sp³-hybridized carbons (Fsp3) is 0.154. The first-order valence-corrected chi connectivity index (χ1v) is 6.83. The van der Waals surface area contributed by atoms with Crippen LogP contribution in [-0.2, 0) is 6.54 Å². The van der Waals surface area contributed by atoms with Crippen molar-refractivity contribution in [2.75, 3.05) is 0 Å². The smallest absolute Gasteiger partial charge is 0.245 e. The fourth-order valence-corrected chi connectivity index (χ4v) is 2.56. The first-order valence-electron chi connectivity index (χ1n) is 5.95. The minimum Gasteiger partial charge on any atom is -0.245 e. The molecule has 0 aliphatic rings. The zero-order valence-corrected chi connectivity index (χ0v) is 11.5. The van der Waals surface area contributed by atoms with Gasteiger partial charge >= 0.3 is 5.69 Å². The number of rotatable bonds is 3. The molecular weight excluding hydrogens is 279 g/mol. The van der Waals surface area contributed by atoms with Crippen LogP contribution in [0.3, 0.4) is 0 Å². The maximum atomic E-state index is 12.8. The van der Waals surface area contributed by atoms with Crippen molar-refractivity contribution in [3.05, 3.63) is 63.5 Å². The fourth-order valence-electron chi connectivity index (χ4n) is 1.79. The van der Waals surface area contributed by atoms with E-state index in [-0.39, 0.29) is 11.5 Å².